The Labute approximate surface area is 106 Å². The third kappa shape index (κ3) is 5.32. The van der Waals surface area contributed by atoms with Crippen LogP contribution in [0.3, 0.4) is 0 Å². The Morgan fingerprint density at radius 3 is 2.29 bits per heavy atom. The van der Waals surface area contributed by atoms with E-state index in [1.165, 1.54) is 36.2 Å². The summed E-state index contributed by atoms with van der Waals surface area (Å²) in [6, 6.07) is 5.79. The highest BCUT2D eigenvalue weighted by molar-refractivity contribution is 8.00. The lowest BCUT2D eigenvalue weighted by molar-refractivity contribution is -0.0328. The maximum atomic E-state index is 12.1. The van der Waals surface area contributed by atoms with E-state index in [1.807, 2.05) is 0 Å². The van der Waals surface area contributed by atoms with Crippen molar-refractivity contribution < 1.29 is 18.0 Å². The number of benzene rings is 1. The van der Waals surface area contributed by atoms with Crippen LogP contribution in [0.25, 0.3) is 0 Å². The molecule has 0 fully saturated rings. The fraction of sp³-hybridized carbons (Fsp3) is 0.300. The lowest BCUT2D eigenvalue weighted by Gasteiger charge is -2.13. The second kappa shape index (κ2) is 5.64. The van der Waals surface area contributed by atoms with Gasteiger partial charge in [-0.2, -0.15) is 13.2 Å². The molecule has 0 N–H and O–H groups in total. The third-order valence-corrected chi connectivity index (χ3v) is 2.90. The number of halogens is 4. The molecule has 2 nitrogen and oxygen atoms in total. The summed E-state index contributed by atoms with van der Waals surface area (Å²) in [5, 5.41) is -0.612. The molecule has 0 atom stereocenters. The van der Waals surface area contributed by atoms with Crippen LogP contribution in [0.1, 0.15) is 5.56 Å². The van der Waals surface area contributed by atoms with Crippen LogP contribution in [0.15, 0.2) is 29.2 Å². The molecule has 0 spiro atoms. The van der Waals surface area contributed by atoms with Crippen LogP contribution in [0, 0.1) is 0 Å². The topological polar surface area (TPSA) is 20.3 Å². The van der Waals surface area contributed by atoms with Crippen molar-refractivity contribution in [2.75, 3.05) is 7.05 Å². The Bertz CT molecular complexity index is 394. The molecular formula is C10H9ClF3NOS. The zero-order chi connectivity index (χ0) is 13.1. The number of amides is 1. The molecule has 1 amide bonds. The number of alkyl halides is 3. The summed E-state index contributed by atoms with van der Waals surface area (Å²) in [5.74, 6) is 0. The molecule has 0 saturated heterocycles. The number of hydrogen-bond acceptors (Lipinski definition) is 2. The van der Waals surface area contributed by atoms with Crippen LogP contribution in [0.5, 0.6) is 0 Å². The molecule has 0 bridgehead atoms. The molecule has 0 aromatic heterocycles. The van der Waals surface area contributed by atoms with E-state index in [-0.39, 0.29) is 23.2 Å². The number of carbonyl (C=O) groups excluding carboxylic acids is 1. The van der Waals surface area contributed by atoms with Gasteiger partial charge in [-0.3, -0.25) is 4.79 Å². The van der Waals surface area contributed by atoms with Crippen molar-refractivity contribution in [3.8, 4) is 0 Å². The SMILES string of the molecule is CN(Cc1ccc(SC(F)(F)F)cc1)C(=O)Cl. The summed E-state index contributed by atoms with van der Waals surface area (Å²) >= 11 is 5.06. The van der Waals surface area contributed by atoms with Crippen molar-refractivity contribution >= 4 is 28.7 Å². The van der Waals surface area contributed by atoms with Gasteiger partial charge in [-0.15, -0.1) is 0 Å². The van der Waals surface area contributed by atoms with Crippen LogP contribution in [-0.4, -0.2) is 22.8 Å². The largest absolute Gasteiger partial charge is 0.446 e. The quantitative estimate of drug-likeness (QED) is 0.473. The summed E-state index contributed by atoms with van der Waals surface area (Å²) < 4.78 is 36.2. The van der Waals surface area contributed by atoms with Gasteiger partial charge in [0.15, 0.2) is 0 Å². The molecule has 0 aliphatic rings. The fourth-order valence-corrected chi connectivity index (χ4v) is 1.73. The van der Waals surface area contributed by atoms with E-state index in [0.717, 1.165) is 0 Å². The lowest BCUT2D eigenvalue weighted by Crippen LogP contribution is -2.19. The van der Waals surface area contributed by atoms with Gasteiger partial charge in [0.05, 0.1) is 0 Å². The maximum Gasteiger partial charge on any atom is 0.446 e. The van der Waals surface area contributed by atoms with Gasteiger partial charge in [0.2, 0.25) is 0 Å². The molecule has 0 heterocycles. The predicted octanol–water partition coefficient (Wildman–Crippen LogP) is 4.09. The van der Waals surface area contributed by atoms with Gasteiger partial charge in [-0.05, 0) is 41.1 Å². The maximum absolute atomic E-state index is 12.1. The van der Waals surface area contributed by atoms with Gasteiger partial charge in [0, 0.05) is 18.5 Å². The minimum absolute atomic E-state index is 0.112. The molecule has 0 aliphatic carbocycles. The molecular weight excluding hydrogens is 275 g/mol. The predicted molar refractivity (Wildman–Crippen MR) is 61.1 cm³/mol. The lowest BCUT2D eigenvalue weighted by atomic mass is 10.2. The summed E-state index contributed by atoms with van der Waals surface area (Å²) in [6.07, 6.45) is 0. The van der Waals surface area contributed by atoms with Gasteiger partial charge in [0.1, 0.15) is 0 Å². The van der Waals surface area contributed by atoms with Gasteiger partial charge >= 0.3 is 10.9 Å². The first-order valence-corrected chi connectivity index (χ1v) is 5.72. The van der Waals surface area contributed by atoms with Crippen molar-refractivity contribution in [1.29, 1.82) is 0 Å². The molecule has 1 aromatic carbocycles. The number of rotatable bonds is 3. The van der Waals surface area contributed by atoms with E-state index in [1.54, 1.807) is 0 Å². The van der Waals surface area contributed by atoms with Gasteiger partial charge in [-0.1, -0.05) is 12.1 Å². The summed E-state index contributed by atoms with van der Waals surface area (Å²) in [4.78, 5) is 12.1. The van der Waals surface area contributed by atoms with Gasteiger partial charge in [0.25, 0.3) is 0 Å². The standard InChI is InChI=1S/C10H9ClF3NOS/c1-15(9(11)16)6-7-2-4-8(5-3-7)17-10(12,13)14/h2-5H,6H2,1H3. The highest BCUT2D eigenvalue weighted by Gasteiger charge is 2.28. The Balaban J connectivity index is 2.65. The van der Waals surface area contributed by atoms with Crippen LogP contribution in [0.2, 0.25) is 0 Å². The van der Waals surface area contributed by atoms with Crippen molar-refractivity contribution in [2.45, 2.75) is 16.9 Å². The average molecular weight is 284 g/mol. The minimum atomic E-state index is -4.29. The van der Waals surface area contributed by atoms with E-state index in [9.17, 15) is 18.0 Å². The minimum Gasteiger partial charge on any atom is -0.328 e. The second-order valence-electron chi connectivity index (χ2n) is 3.30. The molecule has 0 saturated carbocycles. The molecule has 94 valence electrons. The summed E-state index contributed by atoms with van der Waals surface area (Å²) in [7, 11) is 1.51. The average Bonchev–Trinajstić information content (AvgIpc) is 2.18. The monoisotopic (exact) mass is 283 g/mol. The van der Waals surface area contributed by atoms with E-state index in [0.29, 0.717) is 5.56 Å². The van der Waals surface area contributed by atoms with Gasteiger partial charge in [-0.25, -0.2) is 0 Å². The molecule has 17 heavy (non-hydrogen) atoms. The Hall–Kier alpha value is -0.880. The molecule has 1 aromatic rings. The van der Waals surface area contributed by atoms with Crippen molar-refractivity contribution in [1.82, 2.24) is 4.90 Å². The number of carbonyl (C=O) groups is 1. The van der Waals surface area contributed by atoms with E-state index >= 15 is 0 Å². The first kappa shape index (κ1) is 14.2. The van der Waals surface area contributed by atoms with Gasteiger partial charge < -0.3 is 4.90 Å². The molecule has 0 aliphatic heterocycles. The van der Waals surface area contributed by atoms with E-state index in [4.69, 9.17) is 11.6 Å². The zero-order valence-electron chi connectivity index (χ0n) is 8.79. The van der Waals surface area contributed by atoms with Crippen LogP contribution >= 0.6 is 23.4 Å². The molecule has 0 unspecified atom stereocenters. The number of hydrogen-bond donors (Lipinski definition) is 0. The molecule has 7 heteroatoms. The Morgan fingerprint density at radius 1 is 1.35 bits per heavy atom. The smallest absolute Gasteiger partial charge is 0.328 e. The van der Waals surface area contributed by atoms with E-state index in [2.05, 4.69) is 0 Å². The first-order valence-electron chi connectivity index (χ1n) is 4.53. The summed E-state index contributed by atoms with van der Waals surface area (Å²) in [6.45, 7) is 0.263. The summed E-state index contributed by atoms with van der Waals surface area (Å²) in [5.41, 5.74) is -3.57. The van der Waals surface area contributed by atoms with Crippen LogP contribution < -0.4 is 0 Å². The van der Waals surface area contributed by atoms with Crippen LogP contribution in [-0.2, 0) is 6.54 Å². The third-order valence-electron chi connectivity index (χ3n) is 1.88. The second-order valence-corrected chi connectivity index (χ2v) is 4.76. The van der Waals surface area contributed by atoms with Crippen molar-refractivity contribution in [3.63, 3.8) is 0 Å². The zero-order valence-corrected chi connectivity index (χ0v) is 10.4. The highest BCUT2D eigenvalue weighted by Crippen LogP contribution is 2.36. The van der Waals surface area contributed by atoms with Crippen LogP contribution in [0.4, 0.5) is 18.0 Å². The van der Waals surface area contributed by atoms with E-state index < -0.39 is 10.9 Å². The normalized spacial score (nSPS) is 11.4. The highest BCUT2D eigenvalue weighted by atomic mass is 35.5. The molecule has 1 rings (SSSR count). The molecule has 0 radical (unpaired) electrons. The van der Waals surface area contributed by atoms with Crippen molar-refractivity contribution in [2.24, 2.45) is 0 Å². The fourth-order valence-electron chi connectivity index (χ4n) is 1.13. The Kier molecular flexibility index (Phi) is 4.70. The first-order chi connectivity index (χ1) is 7.78. The Morgan fingerprint density at radius 2 is 1.88 bits per heavy atom. The number of thioether (sulfide) groups is 1. The number of nitrogens with zero attached hydrogens (tertiary/aromatic N) is 1. The van der Waals surface area contributed by atoms with Crippen molar-refractivity contribution in [3.05, 3.63) is 29.8 Å².